The molecule has 0 unspecified atom stereocenters. The maximum absolute atomic E-state index is 9.70. The van der Waals surface area contributed by atoms with Crippen LogP contribution in [0.3, 0.4) is 0 Å². The minimum absolute atomic E-state index is 0.179. The van der Waals surface area contributed by atoms with E-state index >= 15 is 0 Å². The molecule has 5 nitrogen and oxygen atoms in total. The highest BCUT2D eigenvalue weighted by molar-refractivity contribution is 14.1. The van der Waals surface area contributed by atoms with Crippen LogP contribution in [-0.2, 0) is 18.9 Å². The second kappa shape index (κ2) is 6.31. The van der Waals surface area contributed by atoms with Gasteiger partial charge in [-0.2, -0.15) is 0 Å². The molecule has 1 aliphatic heterocycles. The Labute approximate surface area is 103 Å². The number of hydrogen-bond donors (Lipinski definition) is 1. The zero-order valence-electron chi connectivity index (χ0n) is 9.05. The summed E-state index contributed by atoms with van der Waals surface area (Å²) in [6.45, 7) is 0. The lowest BCUT2D eigenvalue weighted by atomic mass is 9.99. The monoisotopic (exact) mass is 332 g/mol. The predicted octanol–water partition coefficient (Wildman–Crippen LogP) is 0.184. The van der Waals surface area contributed by atoms with Gasteiger partial charge >= 0.3 is 0 Å². The largest absolute Gasteiger partial charge is 0.376 e. The summed E-state index contributed by atoms with van der Waals surface area (Å²) in [5.41, 5.74) is 0. The summed E-state index contributed by atoms with van der Waals surface area (Å²) < 4.78 is 21.9. The molecule has 0 aliphatic carbocycles. The fraction of sp³-hybridized carbons (Fsp3) is 1.00. The number of ether oxygens (including phenoxy) is 4. The number of methoxy groups -OCH3 is 3. The van der Waals surface area contributed by atoms with E-state index in [2.05, 4.69) is 22.6 Å². The summed E-state index contributed by atoms with van der Waals surface area (Å²) in [4.78, 5) is 0. The average molecular weight is 332 g/mol. The average Bonchev–Trinajstić information content (AvgIpc) is 2.27. The molecule has 0 bridgehead atoms. The summed E-state index contributed by atoms with van der Waals surface area (Å²) in [5.74, 6) is 0. The van der Waals surface area contributed by atoms with Crippen LogP contribution in [0.15, 0.2) is 0 Å². The molecule has 0 aromatic rings. The van der Waals surface area contributed by atoms with Crippen LogP contribution in [0.25, 0.3) is 0 Å². The number of halogens is 1. The molecule has 1 saturated heterocycles. The van der Waals surface area contributed by atoms with Gasteiger partial charge < -0.3 is 24.1 Å². The summed E-state index contributed by atoms with van der Waals surface area (Å²) in [5, 5.41) is 9.70. The van der Waals surface area contributed by atoms with E-state index in [1.165, 1.54) is 7.11 Å². The molecule has 6 heteroatoms. The SMILES string of the molecule is CO[C@H]1[C@@H](OC)[C@@H](O)O[C@H](CI)[C@H]1OC. The minimum atomic E-state index is -0.967. The molecule has 0 aromatic carbocycles. The van der Waals surface area contributed by atoms with Gasteiger partial charge in [0, 0.05) is 25.8 Å². The Hall–Kier alpha value is 0.530. The van der Waals surface area contributed by atoms with Gasteiger partial charge in [0.25, 0.3) is 0 Å². The van der Waals surface area contributed by atoms with Gasteiger partial charge in [0.2, 0.25) is 0 Å². The predicted molar refractivity (Wildman–Crippen MR) is 62.2 cm³/mol. The van der Waals surface area contributed by atoms with Gasteiger partial charge in [-0.15, -0.1) is 0 Å². The second-order valence-corrected chi connectivity index (χ2v) is 4.20. The van der Waals surface area contributed by atoms with Crippen molar-refractivity contribution in [1.29, 1.82) is 0 Å². The van der Waals surface area contributed by atoms with Crippen molar-refractivity contribution in [3.8, 4) is 0 Å². The molecule has 1 fully saturated rings. The van der Waals surface area contributed by atoms with Crippen LogP contribution < -0.4 is 0 Å². The molecular formula is C9H17IO5. The minimum Gasteiger partial charge on any atom is -0.376 e. The normalized spacial score (nSPS) is 41.8. The fourth-order valence-corrected chi connectivity index (χ4v) is 2.53. The first-order valence-electron chi connectivity index (χ1n) is 4.67. The Morgan fingerprint density at radius 3 is 2.00 bits per heavy atom. The molecule has 1 rings (SSSR count). The lowest BCUT2D eigenvalue weighted by Gasteiger charge is -2.42. The highest BCUT2D eigenvalue weighted by Crippen LogP contribution is 2.26. The van der Waals surface area contributed by atoms with Crippen molar-refractivity contribution in [3.63, 3.8) is 0 Å². The van der Waals surface area contributed by atoms with Crippen molar-refractivity contribution in [3.05, 3.63) is 0 Å². The van der Waals surface area contributed by atoms with E-state index in [1.807, 2.05) is 0 Å². The van der Waals surface area contributed by atoms with E-state index < -0.39 is 12.4 Å². The maximum Gasteiger partial charge on any atom is 0.184 e. The van der Waals surface area contributed by atoms with Crippen molar-refractivity contribution >= 4 is 22.6 Å². The van der Waals surface area contributed by atoms with Crippen LogP contribution in [-0.4, -0.2) is 61.6 Å². The van der Waals surface area contributed by atoms with Gasteiger partial charge in [-0.05, 0) is 0 Å². The van der Waals surface area contributed by atoms with E-state index in [0.29, 0.717) is 0 Å². The molecule has 1 N–H and O–H groups in total. The van der Waals surface area contributed by atoms with E-state index in [-0.39, 0.29) is 18.3 Å². The van der Waals surface area contributed by atoms with Crippen molar-refractivity contribution in [2.75, 3.05) is 25.8 Å². The van der Waals surface area contributed by atoms with Crippen LogP contribution in [0, 0.1) is 0 Å². The molecule has 5 atom stereocenters. The third-order valence-corrected chi connectivity index (χ3v) is 3.45. The Morgan fingerprint density at radius 2 is 1.60 bits per heavy atom. The quantitative estimate of drug-likeness (QED) is 0.588. The second-order valence-electron chi connectivity index (χ2n) is 3.32. The maximum atomic E-state index is 9.70. The van der Waals surface area contributed by atoms with Crippen molar-refractivity contribution in [1.82, 2.24) is 0 Å². The third-order valence-electron chi connectivity index (χ3n) is 2.58. The number of aliphatic hydroxyl groups is 1. The summed E-state index contributed by atoms with van der Waals surface area (Å²) in [6, 6.07) is 0. The van der Waals surface area contributed by atoms with E-state index in [1.54, 1.807) is 14.2 Å². The first kappa shape index (κ1) is 13.6. The van der Waals surface area contributed by atoms with Gasteiger partial charge in [-0.1, -0.05) is 22.6 Å². The molecule has 90 valence electrons. The van der Waals surface area contributed by atoms with Crippen molar-refractivity contribution < 1.29 is 24.1 Å². The standard InChI is InChI=1S/C9H17IO5/c1-12-6-5(4-10)15-9(11)8(14-3)7(6)13-2/h5-9,11H,4H2,1-3H3/t5-,6-,7-,8-,9+/m1/s1. The Morgan fingerprint density at radius 1 is 1.07 bits per heavy atom. The molecule has 1 aliphatic rings. The van der Waals surface area contributed by atoms with E-state index in [9.17, 15) is 5.11 Å². The molecular weight excluding hydrogens is 315 g/mol. The van der Waals surface area contributed by atoms with Gasteiger partial charge in [-0.3, -0.25) is 0 Å². The summed E-state index contributed by atoms with van der Waals surface area (Å²) >= 11 is 2.19. The van der Waals surface area contributed by atoms with Crippen molar-refractivity contribution in [2.24, 2.45) is 0 Å². The first-order valence-corrected chi connectivity index (χ1v) is 6.20. The number of aliphatic hydroxyl groups excluding tert-OH is 1. The molecule has 15 heavy (non-hydrogen) atoms. The summed E-state index contributed by atoms with van der Waals surface area (Å²) in [7, 11) is 4.69. The topological polar surface area (TPSA) is 57.2 Å². The third kappa shape index (κ3) is 2.80. The van der Waals surface area contributed by atoms with Gasteiger partial charge in [0.15, 0.2) is 6.29 Å². The van der Waals surface area contributed by atoms with Crippen LogP contribution in [0.4, 0.5) is 0 Å². The Balaban J connectivity index is 2.80. The van der Waals surface area contributed by atoms with Crippen LogP contribution in [0.5, 0.6) is 0 Å². The number of rotatable bonds is 4. The van der Waals surface area contributed by atoms with E-state index in [4.69, 9.17) is 18.9 Å². The van der Waals surface area contributed by atoms with Crippen LogP contribution in [0.2, 0.25) is 0 Å². The first-order chi connectivity index (χ1) is 7.19. The van der Waals surface area contributed by atoms with Gasteiger partial charge in [0.1, 0.15) is 18.3 Å². The zero-order valence-corrected chi connectivity index (χ0v) is 11.2. The molecule has 0 amide bonds. The lowest BCUT2D eigenvalue weighted by molar-refractivity contribution is -0.289. The van der Waals surface area contributed by atoms with Crippen molar-refractivity contribution in [2.45, 2.75) is 30.7 Å². The molecule has 1 heterocycles. The van der Waals surface area contributed by atoms with Gasteiger partial charge in [-0.25, -0.2) is 0 Å². The lowest BCUT2D eigenvalue weighted by Crippen LogP contribution is -2.59. The Kier molecular flexibility index (Phi) is 5.72. The van der Waals surface area contributed by atoms with E-state index in [0.717, 1.165) is 4.43 Å². The molecule has 0 saturated carbocycles. The van der Waals surface area contributed by atoms with Crippen LogP contribution >= 0.6 is 22.6 Å². The Bertz CT molecular complexity index is 191. The molecule has 0 radical (unpaired) electrons. The fourth-order valence-electron chi connectivity index (χ4n) is 1.82. The number of hydrogen-bond acceptors (Lipinski definition) is 5. The highest BCUT2D eigenvalue weighted by Gasteiger charge is 2.45. The highest BCUT2D eigenvalue weighted by atomic mass is 127. The molecule has 0 aromatic heterocycles. The van der Waals surface area contributed by atoms with Gasteiger partial charge in [0.05, 0.1) is 6.10 Å². The molecule has 0 spiro atoms. The zero-order chi connectivity index (χ0) is 11.4. The summed E-state index contributed by atoms with van der Waals surface area (Å²) in [6.07, 6.45) is -2.20. The smallest absolute Gasteiger partial charge is 0.184 e. The van der Waals surface area contributed by atoms with Crippen LogP contribution in [0.1, 0.15) is 0 Å². The number of alkyl halides is 1.